The quantitative estimate of drug-likeness (QED) is 0.226. The van der Waals surface area contributed by atoms with Gasteiger partial charge in [-0.25, -0.2) is 0 Å². The van der Waals surface area contributed by atoms with E-state index in [2.05, 4.69) is 45.5 Å². The lowest BCUT2D eigenvalue weighted by Gasteiger charge is -2.56. The van der Waals surface area contributed by atoms with Gasteiger partial charge in [0.1, 0.15) is 0 Å². The fourth-order valence-corrected chi connectivity index (χ4v) is 6.93. The molecule has 0 radical (unpaired) electrons. The van der Waals surface area contributed by atoms with Gasteiger partial charge in [-0.05, 0) is 86.3 Å². The van der Waals surface area contributed by atoms with Crippen LogP contribution in [0.5, 0.6) is 0 Å². The molecule has 0 aliphatic heterocycles. The maximum absolute atomic E-state index is 13.0. The summed E-state index contributed by atoms with van der Waals surface area (Å²) in [5, 5.41) is 10.7. The zero-order chi connectivity index (χ0) is 21.1. The summed E-state index contributed by atoms with van der Waals surface area (Å²) in [7, 11) is 0. The molecule has 4 bridgehead atoms. The number of amides is 1. The number of benzene rings is 1. The normalized spacial score (nSPS) is 30.4. The van der Waals surface area contributed by atoms with Gasteiger partial charge in [0.15, 0.2) is 0 Å². The van der Waals surface area contributed by atoms with Gasteiger partial charge in [0, 0.05) is 36.6 Å². The van der Waals surface area contributed by atoms with E-state index in [4.69, 9.17) is 11.6 Å². The first-order chi connectivity index (χ1) is 14.5. The van der Waals surface area contributed by atoms with Crippen molar-refractivity contribution < 1.29 is 4.79 Å². The molecule has 5 rings (SSSR count). The van der Waals surface area contributed by atoms with Crippen molar-refractivity contribution in [2.75, 3.05) is 24.1 Å². The molecule has 4 aliphatic rings. The second-order valence-corrected chi connectivity index (χ2v) is 11.4. The Morgan fingerprint density at radius 2 is 1.83 bits per heavy atom. The molecular formula is C24H35ClIN3O. The summed E-state index contributed by atoms with van der Waals surface area (Å²) in [6.07, 6.45) is 8.21. The molecule has 4 aliphatic carbocycles. The van der Waals surface area contributed by atoms with Crippen molar-refractivity contribution in [1.82, 2.24) is 16.0 Å². The fraction of sp³-hybridized carbons (Fsp3) is 0.708. The number of carbonyl (C=O) groups is 1. The Morgan fingerprint density at radius 3 is 2.47 bits per heavy atom. The van der Waals surface area contributed by atoms with Crippen molar-refractivity contribution in [3.63, 3.8) is 0 Å². The highest BCUT2D eigenvalue weighted by molar-refractivity contribution is 14.1. The largest absolute Gasteiger partial charge is 0.351 e. The summed E-state index contributed by atoms with van der Waals surface area (Å²) in [6, 6.07) is 6.35. The first-order valence-electron chi connectivity index (χ1n) is 11.5. The third-order valence-electron chi connectivity index (χ3n) is 7.42. The first kappa shape index (κ1) is 22.8. The Bertz CT molecular complexity index is 721. The van der Waals surface area contributed by atoms with Crippen molar-refractivity contribution in [3.05, 3.63) is 34.3 Å². The summed E-state index contributed by atoms with van der Waals surface area (Å²) in [4.78, 5) is 13.0. The first-order valence-corrected chi connectivity index (χ1v) is 13.4. The summed E-state index contributed by atoms with van der Waals surface area (Å²) < 4.78 is 1.11. The Balaban J connectivity index is 1.29. The number of hydrogen-bond acceptors (Lipinski definition) is 3. The number of alkyl halides is 1. The van der Waals surface area contributed by atoms with Gasteiger partial charge >= 0.3 is 0 Å². The number of carbonyl (C=O) groups excluding carboxylic acids is 1. The minimum absolute atomic E-state index is 0.0184. The molecule has 3 N–H and O–H groups in total. The lowest BCUT2D eigenvalue weighted by Crippen LogP contribution is -2.51. The van der Waals surface area contributed by atoms with E-state index in [0.29, 0.717) is 22.0 Å². The molecule has 0 aromatic heterocycles. The van der Waals surface area contributed by atoms with Crippen LogP contribution in [0.4, 0.5) is 0 Å². The standard InChI is InChI=1S/C24H35ClIN3O/c1-16(13-26)28-5-4-27-14-17-2-3-22(25)21(9-17)23(30)29-15-24-10-18-6-19(11-24)8-20(7-18)12-24/h2-3,9,16,18-20,27-28H,4-8,10-15H2,1H3,(H,29,30). The molecule has 166 valence electrons. The maximum atomic E-state index is 13.0. The highest BCUT2D eigenvalue weighted by atomic mass is 127. The maximum Gasteiger partial charge on any atom is 0.252 e. The van der Waals surface area contributed by atoms with Crippen molar-refractivity contribution >= 4 is 40.1 Å². The van der Waals surface area contributed by atoms with Gasteiger partial charge < -0.3 is 16.0 Å². The van der Waals surface area contributed by atoms with Crippen LogP contribution >= 0.6 is 34.2 Å². The van der Waals surface area contributed by atoms with Gasteiger partial charge in [-0.1, -0.05) is 40.3 Å². The van der Waals surface area contributed by atoms with Crippen molar-refractivity contribution in [2.45, 2.75) is 58.0 Å². The van der Waals surface area contributed by atoms with Gasteiger partial charge in [-0.15, -0.1) is 0 Å². The number of hydrogen-bond donors (Lipinski definition) is 3. The summed E-state index contributed by atoms with van der Waals surface area (Å²) >= 11 is 8.78. The molecule has 1 amide bonds. The highest BCUT2D eigenvalue weighted by Gasteiger charge is 2.50. The monoisotopic (exact) mass is 543 g/mol. The van der Waals surface area contributed by atoms with Crippen LogP contribution in [0.25, 0.3) is 0 Å². The van der Waals surface area contributed by atoms with Crippen LogP contribution < -0.4 is 16.0 Å². The Morgan fingerprint density at radius 1 is 1.17 bits per heavy atom. The SMILES string of the molecule is CC(CI)NCCNCc1ccc(Cl)c(C(=O)NCC23CC4CC(CC(C4)C2)C3)c1. The average molecular weight is 544 g/mol. The van der Waals surface area contributed by atoms with E-state index in [9.17, 15) is 4.79 Å². The van der Waals surface area contributed by atoms with Crippen molar-refractivity contribution in [2.24, 2.45) is 23.2 Å². The molecule has 0 saturated heterocycles. The topological polar surface area (TPSA) is 53.2 Å². The zero-order valence-corrected chi connectivity index (χ0v) is 20.9. The zero-order valence-electron chi connectivity index (χ0n) is 18.0. The van der Waals surface area contributed by atoms with E-state index >= 15 is 0 Å². The number of halogens is 2. The molecule has 30 heavy (non-hydrogen) atoms. The van der Waals surface area contributed by atoms with Crippen LogP contribution in [-0.2, 0) is 6.54 Å². The van der Waals surface area contributed by atoms with Crippen LogP contribution in [0, 0.1) is 23.2 Å². The molecule has 4 saturated carbocycles. The Hall–Kier alpha value is -0.370. The van der Waals surface area contributed by atoms with Crippen LogP contribution in [0.15, 0.2) is 18.2 Å². The molecule has 6 heteroatoms. The molecule has 0 spiro atoms. The summed E-state index contributed by atoms with van der Waals surface area (Å²) in [5.74, 6) is 2.69. The fourth-order valence-electron chi connectivity index (χ4n) is 6.42. The van der Waals surface area contributed by atoms with Crippen LogP contribution in [0.1, 0.15) is 61.4 Å². The molecule has 1 unspecified atom stereocenters. The highest BCUT2D eigenvalue weighted by Crippen LogP contribution is 2.59. The van der Waals surface area contributed by atoms with Crippen molar-refractivity contribution in [1.29, 1.82) is 0 Å². The van der Waals surface area contributed by atoms with Gasteiger partial charge in [0.25, 0.3) is 5.91 Å². The summed E-state index contributed by atoms with van der Waals surface area (Å²) in [6.45, 7) is 5.59. The smallest absolute Gasteiger partial charge is 0.252 e. The molecule has 1 aromatic rings. The van der Waals surface area contributed by atoms with Crippen LogP contribution in [0.3, 0.4) is 0 Å². The molecular weight excluding hydrogens is 509 g/mol. The number of nitrogens with one attached hydrogen (secondary N) is 3. The van der Waals surface area contributed by atoms with E-state index in [1.807, 2.05) is 18.2 Å². The van der Waals surface area contributed by atoms with E-state index in [1.54, 1.807) is 0 Å². The van der Waals surface area contributed by atoms with E-state index in [1.165, 1.54) is 38.5 Å². The van der Waals surface area contributed by atoms with Crippen LogP contribution in [-0.4, -0.2) is 36.0 Å². The van der Waals surface area contributed by atoms with Gasteiger partial charge in [-0.3, -0.25) is 4.79 Å². The molecule has 0 heterocycles. The lowest BCUT2D eigenvalue weighted by atomic mass is 9.49. The molecule has 4 fully saturated rings. The van der Waals surface area contributed by atoms with Crippen molar-refractivity contribution in [3.8, 4) is 0 Å². The minimum Gasteiger partial charge on any atom is -0.351 e. The van der Waals surface area contributed by atoms with Gasteiger partial charge in [0.05, 0.1) is 10.6 Å². The minimum atomic E-state index is -0.0184. The van der Waals surface area contributed by atoms with Gasteiger partial charge in [0.2, 0.25) is 0 Å². The van der Waals surface area contributed by atoms with E-state index in [0.717, 1.165) is 53.9 Å². The Kier molecular flexibility index (Phi) is 7.64. The lowest BCUT2D eigenvalue weighted by molar-refractivity contribution is -0.0503. The molecule has 1 aromatic carbocycles. The van der Waals surface area contributed by atoms with Gasteiger partial charge in [-0.2, -0.15) is 0 Å². The van der Waals surface area contributed by atoms with E-state index in [-0.39, 0.29) is 5.91 Å². The number of rotatable bonds is 10. The molecule has 1 atom stereocenters. The van der Waals surface area contributed by atoms with E-state index < -0.39 is 0 Å². The summed E-state index contributed by atoms with van der Waals surface area (Å²) in [5.41, 5.74) is 2.05. The Labute approximate surface area is 199 Å². The predicted octanol–water partition coefficient (Wildman–Crippen LogP) is 4.79. The average Bonchev–Trinajstić information content (AvgIpc) is 2.71. The molecule has 4 nitrogen and oxygen atoms in total. The second kappa shape index (κ2) is 10.1. The predicted molar refractivity (Wildman–Crippen MR) is 132 cm³/mol. The third-order valence-corrected chi connectivity index (χ3v) is 9.07. The second-order valence-electron chi connectivity index (χ2n) is 10.1. The third kappa shape index (κ3) is 5.51. The van der Waals surface area contributed by atoms with Crippen LogP contribution in [0.2, 0.25) is 5.02 Å².